The van der Waals surface area contributed by atoms with Crippen LogP contribution in [0.1, 0.15) is 21.6 Å². The molecule has 2 aromatic rings. The van der Waals surface area contributed by atoms with Gasteiger partial charge in [0.1, 0.15) is 5.75 Å². The first-order valence-electron chi connectivity index (χ1n) is 7.74. The minimum absolute atomic E-state index is 0.0567. The second-order valence-electron chi connectivity index (χ2n) is 5.69. The maximum Gasteiger partial charge on any atom is 0.274 e. The molecule has 1 saturated heterocycles. The van der Waals surface area contributed by atoms with Crippen LogP contribution in [0.4, 0.5) is 0 Å². The Hall–Kier alpha value is -2.34. The van der Waals surface area contributed by atoms with Crippen LogP contribution in [0, 0.1) is 13.8 Å². The molecule has 0 bridgehead atoms. The van der Waals surface area contributed by atoms with Crippen molar-refractivity contribution in [1.82, 2.24) is 14.7 Å². The minimum atomic E-state index is -0.0567. The number of aryl methyl sites for hydroxylation is 2. The normalized spacial score (nSPS) is 14.8. The summed E-state index contributed by atoms with van der Waals surface area (Å²) < 4.78 is 12.7. The van der Waals surface area contributed by atoms with E-state index in [1.807, 2.05) is 26.0 Å². The van der Waals surface area contributed by atoms with Crippen molar-refractivity contribution in [2.24, 2.45) is 0 Å². The first-order valence-corrected chi connectivity index (χ1v) is 7.74. The quantitative estimate of drug-likeness (QED) is 0.866. The van der Waals surface area contributed by atoms with Gasteiger partial charge < -0.3 is 14.4 Å². The van der Waals surface area contributed by atoms with Crippen molar-refractivity contribution < 1.29 is 14.3 Å². The smallest absolute Gasteiger partial charge is 0.274 e. The van der Waals surface area contributed by atoms with Crippen molar-refractivity contribution >= 4 is 5.91 Å². The number of rotatable bonds is 4. The van der Waals surface area contributed by atoms with Gasteiger partial charge in [0, 0.05) is 19.3 Å². The lowest BCUT2D eigenvalue weighted by Gasteiger charge is -2.25. The average molecular weight is 315 g/mol. The summed E-state index contributed by atoms with van der Waals surface area (Å²) in [5.74, 6) is 0.778. The van der Waals surface area contributed by atoms with E-state index in [1.54, 1.807) is 21.8 Å². The number of hydrogen-bond donors (Lipinski definition) is 0. The van der Waals surface area contributed by atoms with Gasteiger partial charge in [-0.1, -0.05) is 12.1 Å². The van der Waals surface area contributed by atoms with Crippen LogP contribution in [0.2, 0.25) is 0 Å². The molecule has 3 rings (SSSR count). The first kappa shape index (κ1) is 15.6. The number of carbonyl (C=O) groups excluding carboxylic acids is 1. The molecule has 0 N–H and O–H groups in total. The molecule has 1 aliphatic rings. The van der Waals surface area contributed by atoms with Crippen LogP contribution in [-0.2, 0) is 11.5 Å². The van der Waals surface area contributed by atoms with Crippen LogP contribution in [0.15, 0.2) is 30.5 Å². The van der Waals surface area contributed by atoms with Gasteiger partial charge in [0.05, 0.1) is 13.2 Å². The lowest BCUT2D eigenvalue weighted by atomic mass is 10.1. The van der Waals surface area contributed by atoms with Gasteiger partial charge >= 0.3 is 0 Å². The summed E-state index contributed by atoms with van der Waals surface area (Å²) in [6.07, 6.45) is 1.76. The molecule has 1 aliphatic heterocycles. The Labute approximate surface area is 135 Å². The molecule has 0 atom stereocenters. The second kappa shape index (κ2) is 6.83. The average Bonchev–Trinajstić information content (AvgIpc) is 3.05. The van der Waals surface area contributed by atoms with Gasteiger partial charge in [-0.2, -0.15) is 5.10 Å². The van der Waals surface area contributed by atoms with Crippen molar-refractivity contribution in [2.75, 3.05) is 26.3 Å². The van der Waals surface area contributed by atoms with E-state index in [1.165, 1.54) is 0 Å². The van der Waals surface area contributed by atoms with Crippen molar-refractivity contribution in [3.63, 3.8) is 0 Å². The highest BCUT2D eigenvalue weighted by molar-refractivity contribution is 5.92. The molecule has 1 amide bonds. The third kappa shape index (κ3) is 3.71. The number of hydrogen-bond acceptors (Lipinski definition) is 4. The summed E-state index contributed by atoms with van der Waals surface area (Å²) in [5, 5.41) is 4.31. The zero-order valence-electron chi connectivity index (χ0n) is 13.5. The molecule has 122 valence electrons. The second-order valence-corrected chi connectivity index (χ2v) is 5.69. The van der Waals surface area contributed by atoms with E-state index in [0.29, 0.717) is 32.0 Å². The summed E-state index contributed by atoms with van der Waals surface area (Å²) >= 11 is 0. The van der Waals surface area contributed by atoms with E-state index in [2.05, 4.69) is 11.2 Å². The van der Waals surface area contributed by atoms with Crippen LogP contribution in [-0.4, -0.2) is 46.9 Å². The zero-order valence-corrected chi connectivity index (χ0v) is 13.5. The predicted octanol–water partition coefficient (Wildman–Crippen LogP) is 2.01. The van der Waals surface area contributed by atoms with Crippen LogP contribution in [0.3, 0.4) is 0 Å². The van der Waals surface area contributed by atoms with Crippen molar-refractivity contribution in [3.05, 3.63) is 47.3 Å². The van der Waals surface area contributed by atoms with Crippen molar-refractivity contribution in [1.29, 1.82) is 0 Å². The number of carbonyl (C=O) groups is 1. The molecule has 0 radical (unpaired) electrons. The van der Waals surface area contributed by atoms with E-state index in [0.717, 1.165) is 16.9 Å². The van der Waals surface area contributed by atoms with E-state index >= 15 is 0 Å². The van der Waals surface area contributed by atoms with Gasteiger partial charge in [0.2, 0.25) is 0 Å². The molecule has 1 aromatic carbocycles. The van der Waals surface area contributed by atoms with Gasteiger partial charge in [0.15, 0.2) is 12.4 Å². The highest BCUT2D eigenvalue weighted by atomic mass is 16.5. The monoisotopic (exact) mass is 315 g/mol. The third-order valence-corrected chi connectivity index (χ3v) is 3.85. The Morgan fingerprint density at radius 1 is 1.26 bits per heavy atom. The minimum Gasteiger partial charge on any atom is -0.471 e. The van der Waals surface area contributed by atoms with Crippen LogP contribution < -0.4 is 4.74 Å². The molecule has 0 aliphatic carbocycles. The topological polar surface area (TPSA) is 56.6 Å². The number of nitrogens with zero attached hydrogens (tertiary/aromatic N) is 3. The summed E-state index contributed by atoms with van der Waals surface area (Å²) in [6, 6.07) is 7.80. The molecular weight excluding hydrogens is 294 g/mol. The maximum atomic E-state index is 12.3. The van der Waals surface area contributed by atoms with Gasteiger partial charge in [-0.15, -0.1) is 0 Å². The number of benzene rings is 1. The molecule has 0 unspecified atom stereocenters. The third-order valence-electron chi connectivity index (χ3n) is 3.85. The van der Waals surface area contributed by atoms with E-state index < -0.39 is 0 Å². The molecule has 6 heteroatoms. The molecule has 2 heterocycles. The fourth-order valence-corrected chi connectivity index (χ4v) is 2.47. The summed E-state index contributed by atoms with van der Waals surface area (Å²) in [5.41, 5.74) is 2.66. The molecule has 0 saturated carbocycles. The number of aromatic nitrogens is 2. The molecule has 0 spiro atoms. The Morgan fingerprint density at radius 3 is 2.83 bits per heavy atom. The highest BCUT2D eigenvalue weighted by Crippen LogP contribution is 2.19. The Balaban J connectivity index is 1.63. The van der Waals surface area contributed by atoms with Gasteiger partial charge in [-0.25, -0.2) is 4.68 Å². The van der Waals surface area contributed by atoms with E-state index in [9.17, 15) is 4.79 Å². The van der Waals surface area contributed by atoms with E-state index in [4.69, 9.17) is 9.47 Å². The molecule has 1 aromatic heterocycles. The van der Waals surface area contributed by atoms with Crippen LogP contribution in [0.25, 0.3) is 0 Å². The number of amides is 1. The van der Waals surface area contributed by atoms with Crippen LogP contribution >= 0.6 is 0 Å². The van der Waals surface area contributed by atoms with Crippen molar-refractivity contribution in [2.45, 2.75) is 20.6 Å². The van der Waals surface area contributed by atoms with Crippen LogP contribution in [0.5, 0.6) is 5.75 Å². The Bertz CT molecular complexity index is 690. The predicted molar refractivity (Wildman–Crippen MR) is 85.5 cm³/mol. The van der Waals surface area contributed by atoms with Crippen molar-refractivity contribution in [3.8, 4) is 5.75 Å². The summed E-state index contributed by atoms with van der Waals surface area (Å²) in [6.45, 7) is 6.71. The Morgan fingerprint density at radius 2 is 2.04 bits per heavy atom. The SMILES string of the molecule is Cc1ccc(C)c(OCn2ccc(C(=O)N3CCOCC3)n2)c1. The zero-order chi connectivity index (χ0) is 16.2. The largest absolute Gasteiger partial charge is 0.471 e. The molecule has 23 heavy (non-hydrogen) atoms. The lowest BCUT2D eigenvalue weighted by Crippen LogP contribution is -2.40. The number of morpholine rings is 1. The molecule has 6 nitrogen and oxygen atoms in total. The summed E-state index contributed by atoms with van der Waals surface area (Å²) in [7, 11) is 0. The fraction of sp³-hybridized carbons (Fsp3) is 0.412. The highest BCUT2D eigenvalue weighted by Gasteiger charge is 2.20. The molecule has 1 fully saturated rings. The Kier molecular flexibility index (Phi) is 4.62. The van der Waals surface area contributed by atoms with Gasteiger partial charge in [0.25, 0.3) is 5.91 Å². The summed E-state index contributed by atoms with van der Waals surface area (Å²) in [4.78, 5) is 14.1. The lowest BCUT2D eigenvalue weighted by molar-refractivity contribution is 0.0298. The fourth-order valence-electron chi connectivity index (χ4n) is 2.47. The first-order chi connectivity index (χ1) is 11.1. The molecular formula is C17H21N3O3. The number of ether oxygens (including phenoxy) is 2. The van der Waals surface area contributed by atoms with Gasteiger partial charge in [-0.05, 0) is 37.1 Å². The van der Waals surface area contributed by atoms with E-state index in [-0.39, 0.29) is 12.6 Å². The maximum absolute atomic E-state index is 12.3. The van der Waals surface area contributed by atoms with Gasteiger partial charge in [-0.3, -0.25) is 4.79 Å². The standard InChI is InChI=1S/C17H21N3O3/c1-13-3-4-14(2)16(11-13)23-12-20-6-5-15(18-20)17(21)19-7-9-22-10-8-19/h3-6,11H,7-10,12H2,1-2H3.